The Morgan fingerprint density at radius 2 is 2.11 bits per heavy atom. The second-order valence-corrected chi connectivity index (χ2v) is 5.05. The van der Waals surface area contributed by atoms with Gasteiger partial charge in [0.05, 0.1) is 14.2 Å². The minimum absolute atomic E-state index is 0.157. The van der Waals surface area contributed by atoms with Gasteiger partial charge in [-0.2, -0.15) is 0 Å². The van der Waals surface area contributed by atoms with Gasteiger partial charge in [0.25, 0.3) is 0 Å². The number of halogens is 1. The predicted octanol–water partition coefficient (Wildman–Crippen LogP) is 2.54. The molecule has 0 atom stereocenters. The molecule has 1 N–H and O–H groups in total. The van der Waals surface area contributed by atoms with E-state index in [9.17, 15) is 4.79 Å². The zero-order valence-corrected chi connectivity index (χ0v) is 13.0. The van der Waals surface area contributed by atoms with Gasteiger partial charge in [-0.3, -0.25) is 4.79 Å². The summed E-state index contributed by atoms with van der Waals surface area (Å²) >= 11 is 3.46. The number of carbonyl (C=O) groups is 1. The molecule has 0 amide bonds. The molecule has 0 saturated carbocycles. The lowest BCUT2D eigenvalue weighted by atomic mass is 10.1. The number of hydrogen-bond acceptors (Lipinski definition) is 4. The molecule has 0 radical (unpaired) electrons. The lowest BCUT2D eigenvalue weighted by molar-refractivity contribution is -0.140. The highest BCUT2D eigenvalue weighted by Gasteiger charge is 2.03. The van der Waals surface area contributed by atoms with Crippen molar-refractivity contribution in [2.45, 2.75) is 19.3 Å². The van der Waals surface area contributed by atoms with Crippen molar-refractivity contribution in [3.8, 4) is 5.75 Å². The number of nitrogens with one attached hydrogen (secondary N) is 1. The zero-order chi connectivity index (χ0) is 14.1. The lowest BCUT2D eigenvalue weighted by Gasteiger charge is -2.09. The number of benzene rings is 1. The zero-order valence-electron chi connectivity index (χ0n) is 11.4. The van der Waals surface area contributed by atoms with E-state index in [1.54, 1.807) is 7.11 Å². The van der Waals surface area contributed by atoms with Gasteiger partial charge in [0.2, 0.25) is 0 Å². The fourth-order valence-corrected chi connectivity index (χ4v) is 2.16. The van der Waals surface area contributed by atoms with Crippen LogP contribution in [0.5, 0.6) is 5.75 Å². The molecule has 0 aliphatic rings. The summed E-state index contributed by atoms with van der Waals surface area (Å²) in [5, 5.41) is 3.31. The van der Waals surface area contributed by atoms with Crippen LogP contribution in [0.2, 0.25) is 0 Å². The fourth-order valence-electron chi connectivity index (χ4n) is 1.75. The van der Waals surface area contributed by atoms with Crippen LogP contribution in [0.3, 0.4) is 0 Å². The normalized spacial score (nSPS) is 10.3. The largest absolute Gasteiger partial charge is 0.496 e. The van der Waals surface area contributed by atoms with Crippen LogP contribution in [0.4, 0.5) is 0 Å². The average molecular weight is 330 g/mol. The molecule has 5 heteroatoms. The van der Waals surface area contributed by atoms with Crippen LogP contribution in [0.1, 0.15) is 18.4 Å². The van der Waals surface area contributed by atoms with Gasteiger partial charge in [-0.15, -0.1) is 0 Å². The van der Waals surface area contributed by atoms with Crippen LogP contribution in [0.25, 0.3) is 0 Å². The Morgan fingerprint density at radius 3 is 2.79 bits per heavy atom. The monoisotopic (exact) mass is 329 g/mol. The van der Waals surface area contributed by atoms with Crippen LogP contribution in [-0.2, 0) is 16.0 Å². The smallest absolute Gasteiger partial charge is 0.305 e. The molecule has 106 valence electrons. The summed E-state index contributed by atoms with van der Waals surface area (Å²) in [6, 6.07) is 5.98. The van der Waals surface area contributed by atoms with Crippen molar-refractivity contribution in [1.82, 2.24) is 5.32 Å². The SMILES string of the molecule is COC(=O)CCCNCCc1cc(Br)ccc1OC. The van der Waals surface area contributed by atoms with E-state index in [1.807, 2.05) is 12.1 Å². The van der Waals surface area contributed by atoms with Crippen LogP contribution in [0, 0.1) is 0 Å². The molecule has 0 spiro atoms. The first-order valence-electron chi connectivity index (χ1n) is 6.27. The summed E-state index contributed by atoms with van der Waals surface area (Å²) < 4.78 is 10.9. The summed E-state index contributed by atoms with van der Waals surface area (Å²) in [5.41, 5.74) is 1.16. The number of methoxy groups -OCH3 is 2. The summed E-state index contributed by atoms with van der Waals surface area (Å²) in [6.07, 6.45) is 2.15. The Morgan fingerprint density at radius 1 is 1.32 bits per heavy atom. The van der Waals surface area contributed by atoms with Crippen molar-refractivity contribution < 1.29 is 14.3 Å². The van der Waals surface area contributed by atoms with Gasteiger partial charge < -0.3 is 14.8 Å². The van der Waals surface area contributed by atoms with Gasteiger partial charge >= 0.3 is 5.97 Å². The van der Waals surface area contributed by atoms with Crippen molar-refractivity contribution in [3.05, 3.63) is 28.2 Å². The molecule has 19 heavy (non-hydrogen) atoms. The maximum atomic E-state index is 10.9. The van der Waals surface area contributed by atoms with Gasteiger partial charge in [-0.1, -0.05) is 15.9 Å². The highest BCUT2D eigenvalue weighted by Crippen LogP contribution is 2.23. The maximum Gasteiger partial charge on any atom is 0.305 e. The second-order valence-electron chi connectivity index (χ2n) is 4.14. The highest BCUT2D eigenvalue weighted by molar-refractivity contribution is 9.10. The van der Waals surface area contributed by atoms with Crippen molar-refractivity contribution in [3.63, 3.8) is 0 Å². The first kappa shape index (κ1) is 16.0. The Balaban J connectivity index is 2.25. The van der Waals surface area contributed by atoms with E-state index in [2.05, 4.69) is 32.0 Å². The minimum Gasteiger partial charge on any atom is -0.496 e. The van der Waals surface area contributed by atoms with Crippen LogP contribution < -0.4 is 10.1 Å². The van der Waals surface area contributed by atoms with Crippen LogP contribution in [0.15, 0.2) is 22.7 Å². The number of esters is 1. The van der Waals surface area contributed by atoms with Crippen molar-refractivity contribution in [2.75, 3.05) is 27.3 Å². The maximum absolute atomic E-state index is 10.9. The molecule has 0 aromatic heterocycles. The predicted molar refractivity (Wildman–Crippen MR) is 78.5 cm³/mol. The van der Waals surface area contributed by atoms with Gasteiger partial charge in [0, 0.05) is 10.9 Å². The number of ether oxygens (including phenoxy) is 2. The molecule has 0 heterocycles. The molecule has 0 aliphatic carbocycles. The van der Waals surface area contributed by atoms with E-state index in [0.717, 1.165) is 41.7 Å². The highest BCUT2D eigenvalue weighted by atomic mass is 79.9. The number of carbonyl (C=O) groups excluding carboxylic acids is 1. The molecule has 0 bridgehead atoms. The van der Waals surface area contributed by atoms with Gasteiger partial charge in [0.1, 0.15) is 5.75 Å². The summed E-state index contributed by atoms with van der Waals surface area (Å²) in [7, 11) is 3.09. The third kappa shape index (κ3) is 6.07. The Hall–Kier alpha value is -1.07. The number of rotatable bonds is 8. The molecule has 0 fully saturated rings. The third-order valence-electron chi connectivity index (χ3n) is 2.78. The second kappa shape index (κ2) is 8.93. The summed E-state index contributed by atoms with van der Waals surface area (Å²) in [5.74, 6) is 0.745. The Kier molecular flexibility index (Phi) is 7.52. The molecule has 0 aliphatic heterocycles. The van der Waals surface area contributed by atoms with Crippen LogP contribution >= 0.6 is 15.9 Å². The Labute approximate surface area is 122 Å². The molecular formula is C14H20BrNO3. The minimum atomic E-state index is -0.157. The van der Waals surface area contributed by atoms with Crippen molar-refractivity contribution in [2.24, 2.45) is 0 Å². The summed E-state index contributed by atoms with van der Waals surface area (Å²) in [4.78, 5) is 10.9. The van der Waals surface area contributed by atoms with E-state index in [4.69, 9.17) is 4.74 Å². The van der Waals surface area contributed by atoms with E-state index in [-0.39, 0.29) is 5.97 Å². The van der Waals surface area contributed by atoms with Gasteiger partial charge in [0.15, 0.2) is 0 Å². The molecular weight excluding hydrogens is 310 g/mol. The van der Waals surface area contributed by atoms with Crippen molar-refractivity contribution >= 4 is 21.9 Å². The molecule has 4 nitrogen and oxygen atoms in total. The van der Waals surface area contributed by atoms with E-state index in [0.29, 0.717) is 6.42 Å². The Bertz CT molecular complexity index is 410. The van der Waals surface area contributed by atoms with Gasteiger partial charge in [-0.05, 0) is 49.7 Å². The first-order chi connectivity index (χ1) is 9.17. The number of hydrogen-bond donors (Lipinski definition) is 1. The molecule has 1 aromatic carbocycles. The molecule has 1 rings (SSSR count). The average Bonchev–Trinajstić information content (AvgIpc) is 2.42. The van der Waals surface area contributed by atoms with E-state index < -0.39 is 0 Å². The van der Waals surface area contributed by atoms with Gasteiger partial charge in [-0.25, -0.2) is 0 Å². The van der Waals surface area contributed by atoms with Crippen molar-refractivity contribution in [1.29, 1.82) is 0 Å². The topological polar surface area (TPSA) is 47.6 Å². The first-order valence-corrected chi connectivity index (χ1v) is 7.06. The molecule has 0 unspecified atom stereocenters. The lowest BCUT2D eigenvalue weighted by Crippen LogP contribution is -2.19. The summed E-state index contributed by atoms with van der Waals surface area (Å²) in [6.45, 7) is 1.67. The molecule has 1 aromatic rings. The quantitative estimate of drug-likeness (QED) is 0.588. The van der Waals surface area contributed by atoms with E-state index in [1.165, 1.54) is 7.11 Å². The molecule has 0 saturated heterocycles. The van der Waals surface area contributed by atoms with E-state index >= 15 is 0 Å². The van der Waals surface area contributed by atoms with Crippen LogP contribution in [-0.4, -0.2) is 33.3 Å². The fraction of sp³-hybridized carbons (Fsp3) is 0.500. The standard InChI is InChI=1S/C14H20BrNO3/c1-18-13-6-5-12(15)10-11(13)7-9-16-8-3-4-14(17)19-2/h5-6,10,16H,3-4,7-9H2,1-2H3. The third-order valence-corrected chi connectivity index (χ3v) is 3.27.